The highest BCUT2D eigenvalue weighted by Gasteiger charge is 2.45. The lowest BCUT2D eigenvalue weighted by Gasteiger charge is -2.26. The van der Waals surface area contributed by atoms with E-state index in [9.17, 15) is 14.7 Å². The molecular weight excluding hydrogens is 356 g/mol. The minimum Gasteiger partial charge on any atom is -0.508 e. The summed E-state index contributed by atoms with van der Waals surface area (Å²) in [7, 11) is 1.85. The highest BCUT2D eigenvalue weighted by molar-refractivity contribution is 6.31. The molecule has 2 N–H and O–H groups in total. The minimum atomic E-state index is -0.528. The number of carbonyl (C=O) groups is 2. The van der Waals surface area contributed by atoms with Crippen molar-refractivity contribution in [2.75, 3.05) is 6.54 Å². The number of halogens is 1. The Balaban J connectivity index is 1.79. The molecule has 1 aliphatic rings. The van der Waals surface area contributed by atoms with Gasteiger partial charge in [-0.3, -0.25) is 9.59 Å². The van der Waals surface area contributed by atoms with Gasteiger partial charge < -0.3 is 19.9 Å². The van der Waals surface area contributed by atoms with Crippen LogP contribution in [0.1, 0.15) is 30.8 Å². The van der Waals surface area contributed by atoms with Crippen LogP contribution in [0.5, 0.6) is 5.75 Å². The number of carbonyl (C=O) groups excluding carboxylic acids is 2. The zero-order valence-electron chi connectivity index (χ0n) is 14.6. The molecule has 1 saturated heterocycles. The second-order valence-corrected chi connectivity index (χ2v) is 6.73. The van der Waals surface area contributed by atoms with Gasteiger partial charge in [0, 0.05) is 44.0 Å². The van der Waals surface area contributed by atoms with E-state index in [1.54, 1.807) is 23.4 Å². The van der Waals surface area contributed by atoms with E-state index in [-0.39, 0.29) is 30.5 Å². The molecule has 0 unspecified atom stereocenters. The van der Waals surface area contributed by atoms with Gasteiger partial charge in [-0.1, -0.05) is 11.6 Å². The third kappa shape index (κ3) is 3.39. The first-order valence-electron chi connectivity index (χ1n) is 8.44. The summed E-state index contributed by atoms with van der Waals surface area (Å²) in [6.07, 6.45) is 3.60. The van der Waals surface area contributed by atoms with E-state index in [0.717, 1.165) is 0 Å². The summed E-state index contributed by atoms with van der Waals surface area (Å²) in [5.74, 6) is -0.0524. The van der Waals surface area contributed by atoms with Crippen molar-refractivity contribution in [3.8, 4) is 5.75 Å². The maximum Gasteiger partial charge on any atom is 0.226 e. The van der Waals surface area contributed by atoms with Gasteiger partial charge in [0.25, 0.3) is 0 Å². The monoisotopic (exact) mass is 376 g/mol. The Morgan fingerprint density at radius 3 is 2.88 bits per heavy atom. The molecule has 1 aromatic heterocycles. The molecule has 2 heterocycles. The Hall–Kier alpha value is -2.54. The van der Waals surface area contributed by atoms with Crippen molar-refractivity contribution in [2.24, 2.45) is 13.0 Å². The molecule has 7 nitrogen and oxygen atoms in total. The van der Waals surface area contributed by atoms with Gasteiger partial charge >= 0.3 is 0 Å². The summed E-state index contributed by atoms with van der Waals surface area (Å²) in [5, 5.41) is 12.9. The van der Waals surface area contributed by atoms with Gasteiger partial charge in [0.15, 0.2) is 0 Å². The lowest BCUT2D eigenvalue weighted by Crippen LogP contribution is -2.36. The van der Waals surface area contributed by atoms with Crippen LogP contribution in [0.3, 0.4) is 0 Å². The van der Waals surface area contributed by atoms with Gasteiger partial charge in [-0.15, -0.1) is 0 Å². The molecule has 1 aromatic carbocycles. The standard InChI is InChI=1S/C18H21ClN4O3/c1-3-23-15(25)9-13(16(23)17-20-6-7-22(17)2)18(26)21-10-11-8-12(24)4-5-14(11)19/h4-8,13,16,24H,3,9-10H2,1-2H3,(H,21,26)/t13-,16-/m0/s1. The van der Waals surface area contributed by atoms with Gasteiger partial charge in [0.1, 0.15) is 17.6 Å². The number of nitrogens with one attached hydrogen (secondary N) is 1. The van der Waals surface area contributed by atoms with Crippen molar-refractivity contribution >= 4 is 23.4 Å². The lowest BCUT2D eigenvalue weighted by atomic mass is 9.98. The molecule has 1 aliphatic heterocycles. The Morgan fingerprint density at radius 2 is 2.23 bits per heavy atom. The predicted molar refractivity (Wildman–Crippen MR) is 96.4 cm³/mol. The number of nitrogens with zero attached hydrogens (tertiary/aromatic N) is 3. The number of phenols is 1. The first kappa shape index (κ1) is 18.3. The number of rotatable bonds is 5. The van der Waals surface area contributed by atoms with Gasteiger partial charge in [-0.2, -0.15) is 0 Å². The van der Waals surface area contributed by atoms with Crippen LogP contribution in [-0.2, 0) is 23.2 Å². The molecule has 2 aromatic rings. The number of likely N-dealkylation sites (tertiary alicyclic amines) is 1. The smallest absolute Gasteiger partial charge is 0.226 e. The molecule has 0 bridgehead atoms. The van der Waals surface area contributed by atoms with Crippen molar-refractivity contribution in [2.45, 2.75) is 25.9 Å². The summed E-state index contributed by atoms with van der Waals surface area (Å²) < 4.78 is 1.83. The maximum atomic E-state index is 12.8. The summed E-state index contributed by atoms with van der Waals surface area (Å²) in [5.41, 5.74) is 0.616. The number of aromatic nitrogens is 2. The third-order valence-corrected chi connectivity index (χ3v) is 5.08. The molecule has 0 saturated carbocycles. The second-order valence-electron chi connectivity index (χ2n) is 6.33. The molecule has 138 valence electrons. The van der Waals surface area contributed by atoms with Crippen LogP contribution in [0.15, 0.2) is 30.6 Å². The molecule has 26 heavy (non-hydrogen) atoms. The Bertz CT molecular complexity index is 836. The Morgan fingerprint density at radius 1 is 1.46 bits per heavy atom. The first-order chi connectivity index (χ1) is 12.4. The summed E-state index contributed by atoms with van der Waals surface area (Å²) in [4.78, 5) is 31.2. The van der Waals surface area contributed by atoms with Crippen LogP contribution in [-0.4, -0.2) is 37.9 Å². The molecule has 3 rings (SSSR count). The molecule has 2 atom stereocenters. The number of imidazole rings is 1. The summed E-state index contributed by atoms with van der Waals surface area (Å²) in [6, 6.07) is 4.18. The number of hydrogen-bond acceptors (Lipinski definition) is 4. The van der Waals surface area contributed by atoms with Gasteiger partial charge in [-0.05, 0) is 30.7 Å². The molecule has 8 heteroatoms. The van der Waals surface area contributed by atoms with Gasteiger partial charge in [0.05, 0.1) is 5.92 Å². The molecular formula is C18H21ClN4O3. The third-order valence-electron chi connectivity index (χ3n) is 4.71. The second kappa shape index (κ2) is 7.37. The minimum absolute atomic E-state index is 0.0592. The molecule has 0 aliphatic carbocycles. The van der Waals surface area contributed by atoms with E-state index in [1.165, 1.54) is 12.1 Å². The van der Waals surface area contributed by atoms with Crippen molar-refractivity contribution in [3.05, 3.63) is 47.0 Å². The number of aryl methyl sites for hydroxylation is 1. The highest BCUT2D eigenvalue weighted by atomic mass is 35.5. The zero-order valence-corrected chi connectivity index (χ0v) is 15.4. The first-order valence-corrected chi connectivity index (χ1v) is 8.82. The van der Waals surface area contributed by atoms with Crippen LogP contribution < -0.4 is 5.32 Å². The van der Waals surface area contributed by atoms with Crippen molar-refractivity contribution in [3.63, 3.8) is 0 Å². The zero-order chi connectivity index (χ0) is 18.8. The van der Waals surface area contributed by atoms with Crippen LogP contribution in [0, 0.1) is 5.92 Å². The normalized spacial score (nSPS) is 19.8. The maximum absolute atomic E-state index is 12.8. The summed E-state index contributed by atoms with van der Waals surface area (Å²) >= 11 is 6.10. The van der Waals surface area contributed by atoms with Crippen molar-refractivity contribution < 1.29 is 14.7 Å². The average Bonchev–Trinajstić information content (AvgIpc) is 3.17. The topological polar surface area (TPSA) is 87.5 Å². The van der Waals surface area contributed by atoms with E-state index < -0.39 is 12.0 Å². The van der Waals surface area contributed by atoms with Gasteiger partial charge in [0.2, 0.25) is 11.8 Å². The fraction of sp³-hybridized carbons (Fsp3) is 0.389. The highest BCUT2D eigenvalue weighted by Crippen LogP contribution is 2.37. The molecule has 0 radical (unpaired) electrons. The number of hydrogen-bond donors (Lipinski definition) is 2. The van der Waals surface area contributed by atoms with E-state index in [1.807, 2.05) is 18.5 Å². The molecule has 0 spiro atoms. The lowest BCUT2D eigenvalue weighted by molar-refractivity contribution is -0.129. The average molecular weight is 377 g/mol. The number of amides is 2. The van der Waals surface area contributed by atoms with Crippen LogP contribution in [0.4, 0.5) is 0 Å². The number of benzene rings is 1. The fourth-order valence-corrected chi connectivity index (χ4v) is 3.57. The molecule has 1 fully saturated rings. The van der Waals surface area contributed by atoms with E-state index in [2.05, 4.69) is 10.3 Å². The van der Waals surface area contributed by atoms with E-state index in [0.29, 0.717) is 23.0 Å². The quantitative estimate of drug-likeness (QED) is 0.835. The number of phenolic OH excluding ortho intramolecular Hbond substituents is 1. The van der Waals surface area contributed by atoms with E-state index in [4.69, 9.17) is 11.6 Å². The Kier molecular flexibility index (Phi) is 5.18. The van der Waals surface area contributed by atoms with E-state index >= 15 is 0 Å². The van der Waals surface area contributed by atoms with Crippen LogP contribution in [0.25, 0.3) is 0 Å². The largest absolute Gasteiger partial charge is 0.508 e. The molecule has 2 amide bonds. The van der Waals surface area contributed by atoms with Crippen LogP contribution in [0.2, 0.25) is 5.02 Å². The predicted octanol–water partition coefficient (Wildman–Crippen LogP) is 2.00. The summed E-state index contributed by atoms with van der Waals surface area (Å²) in [6.45, 7) is 2.58. The number of aromatic hydroxyl groups is 1. The van der Waals surface area contributed by atoms with Crippen molar-refractivity contribution in [1.29, 1.82) is 0 Å². The Labute approximate surface area is 156 Å². The van der Waals surface area contributed by atoms with Crippen molar-refractivity contribution in [1.82, 2.24) is 19.8 Å². The SMILES string of the molecule is CCN1C(=O)C[C@H](C(=O)NCc2cc(O)ccc2Cl)[C@H]1c1nccn1C. The fourth-order valence-electron chi connectivity index (χ4n) is 3.39. The van der Waals surface area contributed by atoms with Gasteiger partial charge in [-0.25, -0.2) is 4.98 Å². The van der Waals surface area contributed by atoms with Crippen LogP contribution >= 0.6 is 11.6 Å².